The van der Waals surface area contributed by atoms with Crippen molar-refractivity contribution in [1.82, 2.24) is 10.2 Å². The summed E-state index contributed by atoms with van der Waals surface area (Å²) in [6, 6.07) is 5.21. The summed E-state index contributed by atoms with van der Waals surface area (Å²) < 4.78 is 5.54. The van der Waals surface area contributed by atoms with Crippen LogP contribution in [-0.4, -0.2) is 43.0 Å². The van der Waals surface area contributed by atoms with E-state index in [1.165, 1.54) is 0 Å². The van der Waals surface area contributed by atoms with Gasteiger partial charge in [-0.05, 0) is 42.9 Å². The molecule has 3 rings (SSSR count). The number of piperidine rings is 1. The van der Waals surface area contributed by atoms with Crippen molar-refractivity contribution < 1.29 is 14.3 Å². The summed E-state index contributed by atoms with van der Waals surface area (Å²) in [5.41, 5.74) is 0.629. The van der Waals surface area contributed by atoms with E-state index in [4.69, 9.17) is 16.3 Å². The van der Waals surface area contributed by atoms with Crippen LogP contribution in [0.5, 0.6) is 5.75 Å². The molecule has 0 unspecified atom stereocenters. The Balaban J connectivity index is 1.63. The molecule has 0 atom stereocenters. The highest BCUT2D eigenvalue weighted by Gasteiger charge is 2.41. The average molecular weight is 351 g/mol. The van der Waals surface area contributed by atoms with Gasteiger partial charge >= 0.3 is 0 Å². The highest BCUT2D eigenvalue weighted by atomic mass is 35.5. The zero-order chi connectivity index (χ0) is 17.2. The Labute approximate surface area is 147 Å². The molecule has 2 aliphatic heterocycles. The zero-order valence-electron chi connectivity index (χ0n) is 13.9. The zero-order valence-corrected chi connectivity index (χ0v) is 14.7. The standard InChI is InChI=1S/C18H23ClN2O3/c1-2-9-24-15-4-3-13(10-14(15)19)17(23)21-7-5-18(6-8-21)11-16(22)20-12-18/h3-4,10H,2,5-9,11-12H2,1H3,(H,20,22). The molecule has 6 heteroatoms. The number of carbonyl (C=O) groups is 2. The Bertz CT molecular complexity index is 639. The molecule has 0 saturated carbocycles. The number of ether oxygens (including phenoxy) is 1. The number of nitrogens with one attached hydrogen (secondary N) is 1. The molecule has 2 saturated heterocycles. The summed E-state index contributed by atoms with van der Waals surface area (Å²) in [4.78, 5) is 26.0. The first-order valence-electron chi connectivity index (χ1n) is 8.51. The fourth-order valence-electron chi connectivity index (χ4n) is 3.43. The molecule has 1 N–H and O–H groups in total. The number of carbonyl (C=O) groups excluding carboxylic acids is 2. The number of amides is 2. The number of likely N-dealkylation sites (tertiary alicyclic amines) is 1. The lowest BCUT2D eigenvalue weighted by atomic mass is 9.77. The van der Waals surface area contributed by atoms with E-state index in [9.17, 15) is 9.59 Å². The molecule has 2 heterocycles. The van der Waals surface area contributed by atoms with Gasteiger partial charge in [-0.3, -0.25) is 9.59 Å². The lowest BCUT2D eigenvalue weighted by Crippen LogP contribution is -2.44. The van der Waals surface area contributed by atoms with E-state index in [0.29, 0.717) is 42.5 Å². The highest BCUT2D eigenvalue weighted by Crippen LogP contribution is 2.38. The van der Waals surface area contributed by atoms with E-state index < -0.39 is 0 Å². The van der Waals surface area contributed by atoms with E-state index in [1.807, 2.05) is 11.8 Å². The van der Waals surface area contributed by atoms with Gasteiger partial charge in [0.05, 0.1) is 11.6 Å². The van der Waals surface area contributed by atoms with Crippen molar-refractivity contribution in [2.45, 2.75) is 32.6 Å². The first-order valence-corrected chi connectivity index (χ1v) is 8.89. The van der Waals surface area contributed by atoms with Crippen molar-refractivity contribution in [3.8, 4) is 5.75 Å². The number of benzene rings is 1. The molecule has 2 amide bonds. The normalized spacial score (nSPS) is 19.4. The highest BCUT2D eigenvalue weighted by molar-refractivity contribution is 6.32. The molecule has 130 valence electrons. The Morgan fingerprint density at radius 3 is 2.71 bits per heavy atom. The first kappa shape index (κ1) is 17.1. The van der Waals surface area contributed by atoms with E-state index in [1.54, 1.807) is 18.2 Å². The monoisotopic (exact) mass is 350 g/mol. The van der Waals surface area contributed by atoms with Gasteiger partial charge in [-0.25, -0.2) is 0 Å². The predicted molar refractivity (Wildman–Crippen MR) is 92.4 cm³/mol. The maximum atomic E-state index is 12.7. The minimum atomic E-state index is -0.00826. The third kappa shape index (κ3) is 3.51. The van der Waals surface area contributed by atoms with Crippen LogP contribution in [0.15, 0.2) is 18.2 Å². The van der Waals surface area contributed by atoms with Gasteiger partial charge in [0.2, 0.25) is 5.91 Å². The molecule has 0 aliphatic carbocycles. The SMILES string of the molecule is CCCOc1ccc(C(=O)N2CCC3(CC2)CNC(=O)C3)cc1Cl. The fraction of sp³-hybridized carbons (Fsp3) is 0.556. The van der Waals surface area contributed by atoms with Crippen LogP contribution >= 0.6 is 11.6 Å². The van der Waals surface area contributed by atoms with Crippen LogP contribution in [0.1, 0.15) is 43.0 Å². The lowest BCUT2D eigenvalue weighted by Gasteiger charge is -2.38. The third-order valence-electron chi connectivity index (χ3n) is 4.95. The molecule has 1 aromatic carbocycles. The van der Waals surface area contributed by atoms with Crippen molar-refractivity contribution >= 4 is 23.4 Å². The molecule has 2 fully saturated rings. The van der Waals surface area contributed by atoms with E-state index in [2.05, 4.69) is 5.32 Å². The Hall–Kier alpha value is -1.75. The van der Waals surface area contributed by atoms with Crippen LogP contribution in [0.25, 0.3) is 0 Å². The Morgan fingerprint density at radius 1 is 1.38 bits per heavy atom. The Kier molecular flexibility index (Phi) is 4.99. The summed E-state index contributed by atoms with van der Waals surface area (Å²) in [5, 5.41) is 3.38. The molecule has 5 nitrogen and oxygen atoms in total. The molecule has 1 spiro atoms. The first-order chi connectivity index (χ1) is 11.5. The van der Waals surface area contributed by atoms with Crippen molar-refractivity contribution in [3.63, 3.8) is 0 Å². The van der Waals surface area contributed by atoms with Gasteiger partial charge in [0, 0.05) is 31.6 Å². The van der Waals surface area contributed by atoms with Crippen molar-refractivity contribution in [1.29, 1.82) is 0 Å². The smallest absolute Gasteiger partial charge is 0.253 e. The van der Waals surface area contributed by atoms with Crippen LogP contribution in [0, 0.1) is 5.41 Å². The summed E-state index contributed by atoms with van der Waals surface area (Å²) in [6.45, 7) is 4.73. The minimum absolute atomic E-state index is 0.00826. The molecule has 2 aliphatic rings. The van der Waals surface area contributed by atoms with Gasteiger partial charge in [0.25, 0.3) is 5.91 Å². The predicted octanol–water partition coefficient (Wildman–Crippen LogP) is 2.87. The summed E-state index contributed by atoms with van der Waals surface area (Å²) in [6.07, 6.45) is 3.22. The van der Waals surface area contributed by atoms with Gasteiger partial charge in [-0.15, -0.1) is 0 Å². The summed E-state index contributed by atoms with van der Waals surface area (Å²) >= 11 is 6.22. The van der Waals surface area contributed by atoms with Crippen LogP contribution < -0.4 is 10.1 Å². The third-order valence-corrected chi connectivity index (χ3v) is 5.24. The van der Waals surface area contributed by atoms with Crippen molar-refractivity contribution in [2.75, 3.05) is 26.2 Å². The molecular formula is C18H23ClN2O3. The van der Waals surface area contributed by atoms with E-state index >= 15 is 0 Å². The van der Waals surface area contributed by atoms with Crippen molar-refractivity contribution in [3.05, 3.63) is 28.8 Å². The van der Waals surface area contributed by atoms with E-state index in [-0.39, 0.29) is 17.2 Å². The number of halogens is 1. The van der Waals surface area contributed by atoms with Gasteiger partial charge in [-0.1, -0.05) is 18.5 Å². The molecule has 24 heavy (non-hydrogen) atoms. The fourth-order valence-corrected chi connectivity index (χ4v) is 3.67. The molecule has 0 radical (unpaired) electrons. The van der Waals surface area contributed by atoms with Crippen LogP contribution in [0.4, 0.5) is 0 Å². The second kappa shape index (κ2) is 7.01. The summed E-state index contributed by atoms with van der Waals surface area (Å²) in [7, 11) is 0. The second-order valence-corrected chi connectivity index (χ2v) is 7.15. The van der Waals surface area contributed by atoms with Gasteiger partial charge in [0.1, 0.15) is 5.75 Å². The van der Waals surface area contributed by atoms with E-state index in [0.717, 1.165) is 25.8 Å². The van der Waals surface area contributed by atoms with Gasteiger partial charge < -0.3 is 15.0 Å². The maximum absolute atomic E-state index is 12.7. The quantitative estimate of drug-likeness (QED) is 0.908. The largest absolute Gasteiger partial charge is 0.492 e. The number of hydrogen-bond donors (Lipinski definition) is 1. The Morgan fingerprint density at radius 2 is 2.12 bits per heavy atom. The summed E-state index contributed by atoms with van der Waals surface area (Å²) in [5.74, 6) is 0.735. The lowest BCUT2D eigenvalue weighted by molar-refractivity contribution is -0.119. The van der Waals surface area contributed by atoms with Crippen molar-refractivity contribution in [2.24, 2.45) is 5.41 Å². The number of nitrogens with zero attached hydrogens (tertiary/aromatic N) is 1. The molecule has 1 aromatic rings. The molecular weight excluding hydrogens is 328 g/mol. The topological polar surface area (TPSA) is 58.6 Å². The number of hydrogen-bond acceptors (Lipinski definition) is 3. The van der Waals surface area contributed by atoms with Crippen LogP contribution in [0.2, 0.25) is 5.02 Å². The molecule has 0 aromatic heterocycles. The van der Waals surface area contributed by atoms with Crippen LogP contribution in [0.3, 0.4) is 0 Å². The van der Waals surface area contributed by atoms with Crippen LogP contribution in [-0.2, 0) is 4.79 Å². The number of rotatable bonds is 4. The average Bonchev–Trinajstić information content (AvgIpc) is 2.94. The second-order valence-electron chi connectivity index (χ2n) is 6.74. The molecule has 0 bridgehead atoms. The maximum Gasteiger partial charge on any atom is 0.253 e. The minimum Gasteiger partial charge on any atom is -0.492 e. The van der Waals surface area contributed by atoms with Gasteiger partial charge in [-0.2, -0.15) is 0 Å². The van der Waals surface area contributed by atoms with Gasteiger partial charge in [0.15, 0.2) is 0 Å².